The molecule has 8 heteroatoms. The molecule has 2 amide bonds. The summed E-state index contributed by atoms with van der Waals surface area (Å²) < 4.78 is 31.2. The second-order valence-corrected chi connectivity index (χ2v) is 8.64. The van der Waals surface area contributed by atoms with Gasteiger partial charge in [-0.25, -0.2) is 8.78 Å². The van der Waals surface area contributed by atoms with Crippen LogP contribution in [0.5, 0.6) is 0 Å². The second-order valence-electron chi connectivity index (χ2n) is 8.64. The zero-order valence-electron chi connectivity index (χ0n) is 17.3. The minimum atomic E-state index is -3.11. The minimum absolute atomic E-state index is 0.0207. The van der Waals surface area contributed by atoms with Crippen molar-refractivity contribution >= 4 is 11.8 Å². The number of carbonyl (C=O) groups excluding carboxylic acids is 2. The molecule has 2 aromatic heterocycles. The molecule has 0 radical (unpaired) electrons. The van der Waals surface area contributed by atoms with Crippen LogP contribution in [0.1, 0.15) is 41.0 Å². The number of amides is 2. The van der Waals surface area contributed by atoms with Crippen molar-refractivity contribution in [3.05, 3.63) is 53.6 Å². The van der Waals surface area contributed by atoms with Gasteiger partial charge in [0.15, 0.2) is 0 Å². The van der Waals surface area contributed by atoms with Crippen molar-refractivity contribution in [2.45, 2.75) is 38.7 Å². The SMILES string of the molecule is Cc1cccc(CN2CCCC3(CN(C(=O)c4ccn(C)c4)CC(F)(F)C3)C2=O)n1. The van der Waals surface area contributed by atoms with E-state index in [0.717, 1.165) is 16.3 Å². The predicted octanol–water partition coefficient (Wildman–Crippen LogP) is 3.02. The van der Waals surface area contributed by atoms with Gasteiger partial charge in [0.2, 0.25) is 5.91 Å². The van der Waals surface area contributed by atoms with Crippen LogP contribution in [-0.2, 0) is 18.4 Å². The number of hydrogen-bond donors (Lipinski definition) is 0. The Bertz CT molecular complexity index is 974. The smallest absolute Gasteiger partial charge is 0.266 e. The molecule has 0 aromatic carbocycles. The molecule has 30 heavy (non-hydrogen) atoms. The van der Waals surface area contributed by atoms with Crippen molar-refractivity contribution in [2.24, 2.45) is 12.5 Å². The number of likely N-dealkylation sites (tertiary alicyclic amines) is 2. The lowest BCUT2D eigenvalue weighted by atomic mass is 9.71. The van der Waals surface area contributed by atoms with Crippen molar-refractivity contribution in [3.8, 4) is 0 Å². The summed E-state index contributed by atoms with van der Waals surface area (Å²) in [7, 11) is 1.77. The maximum atomic E-state index is 14.8. The van der Waals surface area contributed by atoms with Gasteiger partial charge in [0.05, 0.1) is 29.8 Å². The van der Waals surface area contributed by atoms with E-state index in [0.29, 0.717) is 31.5 Å². The average molecular weight is 416 g/mol. The van der Waals surface area contributed by atoms with E-state index in [1.807, 2.05) is 25.1 Å². The first-order valence-corrected chi connectivity index (χ1v) is 10.2. The van der Waals surface area contributed by atoms with Gasteiger partial charge >= 0.3 is 0 Å². The topological polar surface area (TPSA) is 58.4 Å². The van der Waals surface area contributed by atoms with Crippen LogP contribution in [0.15, 0.2) is 36.7 Å². The van der Waals surface area contributed by atoms with E-state index in [1.165, 1.54) is 0 Å². The van der Waals surface area contributed by atoms with Gasteiger partial charge < -0.3 is 14.4 Å². The highest BCUT2D eigenvalue weighted by Gasteiger charge is 2.56. The molecule has 2 saturated heterocycles. The van der Waals surface area contributed by atoms with Gasteiger partial charge in [-0.1, -0.05) is 6.07 Å². The molecular weight excluding hydrogens is 390 g/mol. The van der Waals surface area contributed by atoms with Crippen LogP contribution in [0.2, 0.25) is 0 Å². The molecule has 0 aliphatic carbocycles. The molecule has 4 rings (SSSR count). The number of hydrogen-bond acceptors (Lipinski definition) is 3. The molecule has 2 aromatic rings. The number of aromatic nitrogens is 2. The Morgan fingerprint density at radius 2 is 2.03 bits per heavy atom. The fourth-order valence-electron chi connectivity index (χ4n) is 4.76. The fraction of sp³-hybridized carbons (Fsp3) is 0.500. The van der Waals surface area contributed by atoms with E-state index in [2.05, 4.69) is 4.98 Å². The third kappa shape index (κ3) is 3.95. The Kier molecular flexibility index (Phi) is 5.11. The maximum absolute atomic E-state index is 14.8. The first-order valence-electron chi connectivity index (χ1n) is 10.2. The lowest BCUT2D eigenvalue weighted by Gasteiger charge is -2.49. The van der Waals surface area contributed by atoms with Crippen molar-refractivity contribution < 1.29 is 18.4 Å². The third-order valence-corrected chi connectivity index (χ3v) is 6.00. The normalized spacial score (nSPS) is 23.8. The number of carbonyl (C=O) groups is 2. The minimum Gasteiger partial charge on any atom is -0.356 e. The van der Waals surface area contributed by atoms with Crippen LogP contribution in [-0.4, -0.2) is 56.7 Å². The molecule has 0 saturated carbocycles. The summed E-state index contributed by atoms with van der Waals surface area (Å²) in [5.74, 6) is -3.87. The van der Waals surface area contributed by atoms with Crippen LogP contribution in [0.3, 0.4) is 0 Å². The number of nitrogens with zero attached hydrogens (tertiary/aromatic N) is 4. The zero-order valence-corrected chi connectivity index (χ0v) is 17.3. The molecule has 1 unspecified atom stereocenters. The summed E-state index contributed by atoms with van der Waals surface area (Å²) in [6.45, 7) is 2.04. The van der Waals surface area contributed by atoms with E-state index < -0.39 is 30.2 Å². The van der Waals surface area contributed by atoms with Crippen LogP contribution in [0, 0.1) is 12.3 Å². The fourth-order valence-corrected chi connectivity index (χ4v) is 4.76. The molecule has 1 atom stereocenters. The second kappa shape index (κ2) is 7.49. The van der Waals surface area contributed by atoms with Gasteiger partial charge in [0.1, 0.15) is 0 Å². The lowest BCUT2D eigenvalue weighted by molar-refractivity contribution is -0.166. The molecule has 4 heterocycles. The summed E-state index contributed by atoms with van der Waals surface area (Å²) in [4.78, 5) is 33.5. The van der Waals surface area contributed by atoms with Crippen molar-refractivity contribution in [1.29, 1.82) is 0 Å². The summed E-state index contributed by atoms with van der Waals surface area (Å²) in [6, 6.07) is 7.19. The highest BCUT2D eigenvalue weighted by Crippen LogP contribution is 2.45. The molecule has 2 aliphatic rings. The quantitative estimate of drug-likeness (QED) is 0.773. The molecular formula is C22H26F2N4O2. The summed E-state index contributed by atoms with van der Waals surface area (Å²) in [5, 5.41) is 0. The van der Waals surface area contributed by atoms with E-state index in [1.54, 1.807) is 35.0 Å². The van der Waals surface area contributed by atoms with Gasteiger partial charge in [-0.3, -0.25) is 14.6 Å². The van der Waals surface area contributed by atoms with Gasteiger partial charge in [-0.2, -0.15) is 0 Å². The molecule has 160 valence electrons. The molecule has 2 fully saturated rings. The maximum Gasteiger partial charge on any atom is 0.266 e. The van der Waals surface area contributed by atoms with Crippen LogP contribution in [0.25, 0.3) is 0 Å². The van der Waals surface area contributed by atoms with Crippen LogP contribution in [0.4, 0.5) is 8.78 Å². The van der Waals surface area contributed by atoms with Crippen molar-refractivity contribution in [3.63, 3.8) is 0 Å². The summed E-state index contributed by atoms with van der Waals surface area (Å²) >= 11 is 0. The van der Waals surface area contributed by atoms with Crippen LogP contribution >= 0.6 is 0 Å². The molecule has 2 aliphatic heterocycles. The van der Waals surface area contributed by atoms with Gasteiger partial charge in [-0.15, -0.1) is 0 Å². The largest absolute Gasteiger partial charge is 0.356 e. The van der Waals surface area contributed by atoms with E-state index in [-0.39, 0.29) is 12.5 Å². The Labute approximate surface area is 174 Å². The Balaban J connectivity index is 1.59. The number of rotatable bonds is 3. The van der Waals surface area contributed by atoms with E-state index in [4.69, 9.17) is 0 Å². The molecule has 1 spiro atoms. The number of piperidine rings is 2. The molecule has 6 nitrogen and oxygen atoms in total. The number of aryl methyl sites for hydroxylation is 2. The highest BCUT2D eigenvalue weighted by atomic mass is 19.3. The molecule has 0 bridgehead atoms. The van der Waals surface area contributed by atoms with E-state index >= 15 is 0 Å². The first-order chi connectivity index (χ1) is 14.2. The zero-order chi connectivity index (χ0) is 21.5. The van der Waals surface area contributed by atoms with E-state index in [9.17, 15) is 18.4 Å². The first kappa shape index (κ1) is 20.5. The Morgan fingerprint density at radius 3 is 2.73 bits per heavy atom. The Hall–Kier alpha value is -2.77. The Morgan fingerprint density at radius 1 is 1.23 bits per heavy atom. The number of pyridine rings is 1. The third-order valence-electron chi connectivity index (χ3n) is 6.00. The summed E-state index contributed by atoms with van der Waals surface area (Å²) in [5.41, 5.74) is 0.680. The standard InChI is InChI=1S/C22H26F2N4O2/c1-16-5-3-6-18(25-16)12-27-9-4-8-21(20(27)30)13-22(23,24)15-28(14-21)19(29)17-7-10-26(2)11-17/h3,5-7,10-11H,4,8-9,12-15H2,1-2H3. The van der Waals surface area contributed by atoms with Gasteiger partial charge in [0.25, 0.3) is 11.8 Å². The summed E-state index contributed by atoms with van der Waals surface area (Å²) in [6.07, 6.45) is 3.78. The predicted molar refractivity (Wildman–Crippen MR) is 107 cm³/mol. The van der Waals surface area contributed by atoms with Crippen molar-refractivity contribution in [1.82, 2.24) is 19.4 Å². The molecule has 0 N–H and O–H groups in total. The number of halogens is 2. The van der Waals surface area contributed by atoms with Gasteiger partial charge in [0, 0.05) is 44.6 Å². The lowest BCUT2D eigenvalue weighted by Crippen LogP contribution is -2.61. The van der Waals surface area contributed by atoms with Crippen molar-refractivity contribution in [2.75, 3.05) is 19.6 Å². The van der Waals surface area contributed by atoms with Crippen LogP contribution < -0.4 is 0 Å². The average Bonchev–Trinajstić information content (AvgIpc) is 3.10. The highest BCUT2D eigenvalue weighted by molar-refractivity contribution is 5.95. The monoisotopic (exact) mass is 416 g/mol. The van der Waals surface area contributed by atoms with Gasteiger partial charge in [-0.05, 0) is 38.0 Å². The number of alkyl halides is 2.